The van der Waals surface area contributed by atoms with Crippen molar-refractivity contribution in [2.45, 2.75) is 27.0 Å². The van der Waals surface area contributed by atoms with Gasteiger partial charge in [-0.1, -0.05) is 57.9 Å². The van der Waals surface area contributed by atoms with E-state index in [2.05, 4.69) is 43.8 Å². The Morgan fingerprint density at radius 1 is 1.03 bits per heavy atom. The highest BCUT2D eigenvalue weighted by Crippen LogP contribution is 2.36. The lowest BCUT2D eigenvalue weighted by molar-refractivity contribution is -0.123. The van der Waals surface area contributed by atoms with Crippen molar-refractivity contribution in [1.82, 2.24) is 10.2 Å². The molecule has 0 unspecified atom stereocenters. The zero-order chi connectivity index (χ0) is 24.9. The van der Waals surface area contributed by atoms with Gasteiger partial charge in [0.15, 0.2) is 11.5 Å². The molecule has 0 bridgehead atoms. The number of urea groups is 1. The fourth-order valence-electron chi connectivity index (χ4n) is 3.69. The SMILES string of the molecule is CCOc1cc(/C=C2/NC(=O)N(Cc3cccc(C)c3)C2=O)cc(I)c1OCc1ccc(Br)cc1. The molecule has 1 saturated heterocycles. The molecule has 4 rings (SSSR count). The summed E-state index contributed by atoms with van der Waals surface area (Å²) in [6, 6.07) is 19.0. The Hall–Kier alpha value is -2.85. The molecule has 0 saturated carbocycles. The first kappa shape index (κ1) is 25.2. The van der Waals surface area contributed by atoms with Crippen LogP contribution in [-0.4, -0.2) is 23.4 Å². The van der Waals surface area contributed by atoms with Crippen molar-refractivity contribution in [2.75, 3.05) is 6.61 Å². The number of amides is 3. The molecule has 3 amide bonds. The second-order valence-electron chi connectivity index (χ2n) is 8.05. The van der Waals surface area contributed by atoms with E-state index in [1.165, 1.54) is 4.90 Å². The smallest absolute Gasteiger partial charge is 0.329 e. The number of nitrogens with zero attached hydrogens (tertiary/aromatic N) is 1. The van der Waals surface area contributed by atoms with Crippen LogP contribution in [0, 0.1) is 10.5 Å². The minimum Gasteiger partial charge on any atom is -0.490 e. The molecular formula is C27H24BrIN2O4. The molecule has 180 valence electrons. The molecule has 0 aliphatic carbocycles. The van der Waals surface area contributed by atoms with Gasteiger partial charge in [0.25, 0.3) is 5.91 Å². The lowest BCUT2D eigenvalue weighted by atomic mass is 10.1. The van der Waals surface area contributed by atoms with Gasteiger partial charge in [-0.3, -0.25) is 9.69 Å². The van der Waals surface area contributed by atoms with E-state index < -0.39 is 6.03 Å². The highest BCUT2D eigenvalue weighted by atomic mass is 127. The largest absolute Gasteiger partial charge is 0.490 e. The van der Waals surface area contributed by atoms with Crippen LogP contribution in [-0.2, 0) is 17.9 Å². The number of imide groups is 1. The van der Waals surface area contributed by atoms with Gasteiger partial charge in [0.1, 0.15) is 12.3 Å². The van der Waals surface area contributed by atoms with Crippen LogP contribution in [0.4, 0.5) is 4.79 Å². The summed E-state index contributed by atoms with van der Waals surface area (Å²) in [5.41, 5.74) is 3.96. The van der Waals surface area contributed by atoms with Gasteiger partial charge in [0, 0.05) is 4.47 Å². The summed E-state index contributed by atoms with van der Waals surface area (Å²) >= 11 is 5.63. The van der Waals surface area contributed by atoms with Crippen LogP contribution in [0.1, 0.15) is 29.2 Å². The van der Waals surface area contributed by atoms with Crippen LogP contribution < -0.4 is 14.8 Å². The van der Waals surface area contributed by atoms with Gasteiger partial charge in [0.05, 0.1) is 16.7 Å². The maximum Gasteiger partial charge on any atom is 0.329 e. The molecule has 0 spiro atoms. The first-order chi connectivity index (χ1) is 16.8. The summed E-state index contributed by atoms with van der Waals surface area (Å²) in [5.74, 6) is 0.858. The zero-order valence-corrected chi connectivity index (χ0v) is 23.1. The van der Waals surface area contributed by atoms with Crippen LogP contribution in [0.5, 0.6) is 11.5 Å². The van der Waals surface area contributed by atoms with E-state index in [0.29, 0.717) is 24.7 Å². The third-order valence-electron chi connectivity index (χ3n) is 5.32. The molecule has 1 fully saturated rings. The van der Waals surface area contributed by atoms with Gasteiger partial charge in [-0.25, -0.2) is 4.79 Å². The summed E-state index contributed by atoms with van der Waals surface area (Å²) in [6.07, 6.45) is 1.67. The first-order valence-electron chi connectivity index (χ1n) is 11.1. The van der Waals surface area contributed by atoms with E-state index >= 15 is 0 Å². The van der Waals surface area contributed by atoms with E-state index in [1.807, 2.05) is 74.5 Å². The summed E-state index contributed by atoms with van der Waals surface area (Å²) in [7, 11) is 0. The van der Waals surface area contributed by atoms with E-state index in [4.69, 9.17) is 9.47 Å². The molecule has 3 aromatic rings. The number of ether oxygens (including phenoxy) is 2. The molecule has 0 atom stereocenters. The number of halogens is 2. The van der Waals surface area contributed by atoms with Crippen molar-refractivity contribution in [3.63, 3.8) is 0 Å². The quantitative estimate of drug-likeness (QED) is 0.174. The number of carbonyl (C=O) groups is 2. The third kappa shape index (κ3) is 6.24. The van der Waals surface area contributed by atoms with E-state index in [-0.39, 0.29) is 18.1 Å². The Balaban J connectivity index is 1.55. The molecule has 0 radical (unpaired) electrons. The van der Waals surface area contributed by atoms with Gasteiger partial charge in [-0.15, -0.1) is 0 Å². The van der Waals surface area contributed by atoms with Crippen molar-refractivity contribution in [2.24, 2.45) is 0 Å². The number of rotatable bonds is 8. The van der Waals surface area contributed by atoms with E-state index in [0.717, 1.165) is 30.3 Å². The summed E-state index contributed by atoms with van der Waals surface area (Å²) in [5, 5.41) is 2.69. The van der Waals surface area contributed by atoms with Crippen LogP contribution in [0.3, 0.4) is 0 Å². The Labute approximate surface area is 226 Å². The lowest BCUT2D eigenvalue weighted by Crippen LogP contribution is -2.30. The molecule has 6 nitrogen and oxygen atoms in total. The maximum absolute atomic E-state index is 13.0. The predicted octanol–water partition coefficient (Wildman–Crippen LogP) is 6.43. The van der Waals surface area contributed by atoms with Crippen molar-refractivity contribution >= 4 is 56.5 Å². The van der Waals surface area contributed by atoms with Gasteiger partial charge >= 0.3 is 6.03 Å². The monoisotopic (exact) mass is 646 g/mol. The van der Waals surface area contributed by atoms with Gasteiger partial charge in [-0.05, 0) is 83.5 Å². The molecule has 1 heterocycles. The Kier molecular flexibility index (Phi) is 8.12. The topological polar surface area (TPSA) is 67.9 Å². The second-order valence-corrected chi connectivity index (χ2v) is 10.1. The molecular weight excluding hydrogens is 623 g/mol. The molecule has 1 aliphatic rings. The summed E-state index contributed by atoms with van der Waals surface area (Å²) in [6.45, 7) is 4.95. The third-order valence-corrected chi connectivity index (χ3v) is 6.65. The zero-order valence-electron chi connectivity index (χ0n) is 19.3. The highest BCUT2D eigenvalue weighted by Gasteiger charge is 2.33. The number of hydrogen-bond donors (Lipinski definition) is 1. The van der Waals surface area contributed by atoms with Crippen LogP contribution >= 0.6 is 38.5 Å². The minimum atomic E-state index is -0.433. The molecule has 35 heavy (non-hydrogen) atoms. The fourth-order valence-corrected chi connectivity index (χ4v) is 4.73. The average Bonchev–Trinajstić information content (AvgIpc) is 3.07. The molecule has 0 aromatic heterocycles. The first-order valence-corrected chi connectivity index (χ1v) is 12.9. The number of hydrogen-bond acceptors (Lipinski definition) is 4. The Morgan fingerprint density at radius 3 is 2.51 bits per heavy atom. The fraction of sp³-hybridized carbons (Fsp3) is 0.185. The van der Waals surface area contributed by atoms with Crippen LogP contribution in [0.15, 0.2) is 70.8 Å². The van der Waals surface area contributed by atoms with Crippen LogP contribution in [0.2, 0.25) is 0 Å². The summed E-state index contributed by atoms with van der Waals surface area (Å²) < 4.78 is 13.8. The number of aryl methyl sites for hydroxylation is 1. The number of carbonyl (C=O) groups excluding carboxylic acids is 2. The van der Waals surface area contributed by atoms with Crippen LogP contribution in [0.25, 0.3) is 6.08 Å². The average molecular weight is 647 g/mol. The van der Waals surface area contributed by atoms with Gasteiger partial charge < -0.3 is 14.8 Å². The number of nitrogens with one attached hydrogen (secondary N) is 1. The Morgan fingerprint density at radius 2 is 1.80 bits per heavy atom. The highest BCUT2D eigenvalue weighted by molar-refractivity contribution is 14.1. The molecule has 8 heteroatoms. The van der Waals surface area contributed by atoms with E-state index in [9.17, 15) is 9.59 Å². The van der Waals surface area contributed by atoms with Crippen molar-refractivity contribution in [3.05, 3.63) is 96.7 Å². The maximum atomic E-state index is 13.0. The predicted molar refractivity (Wildman–Crippen MR) is 147 cm³/mol. The summed E-state index contributed by atoms with van der Waals surface area (Å²) in [4.78, 5) is 26.7. The van der Waals surface area contributed by atoms with Crippen molar-refractivity contribution < 1.29 is 19.1 Å². The minimum absolute atomic E-state index is 0.217. The molecule has 1 N–H and O–H groups in total. The van der Waals surface area contributed by atoms with Crippen molar-refractivity contribution in [1.29, 1.82) is 0 Å². The molecule has 1 aliphatic heterocycles. The Bertz CT molecular complexity index is 1290. The second kappa shape index (κ2) is 11.3. The standard InChI is InChI=1S/C27H24BrIN2O4/c1-3-34-24-14-20(12-22(29)25(24)35-16-18-7-9-21(28)10-8-18)13-23-26(32)31(27(33)30-23)15-19-6-4-5-17(2)11-19/h4-14H,3,15-16H2,1-2H3,(H,30,33)/b23-13+. The molecule has 3 aromatic carbocycles. The lowest BCUT2D eigenvalue weighted by Gasteiger charge is -2.15. The van der Waals surface area contributed by atoms with E-state index in [1.54, 1.807) is 6.08 Å². The number of benzene rings is 3. The van der Waals surface area contributed by atoms with Gasteiger partial charge in [-0.2, -0.15) is 0 Å². The normalized spacial score (nSPS) is 14.4. The van der Waals surface area contributed by atoms with Crippen molar-refractivity contribution in [3.8, 4) is 11.5 Å². The van der Waals surface area contributed by atoms with Gasteiger partial charge in [0.2, 0.25) is 0 Å².